The van der Waals surface area contributed by atoms with Crippen LogP contribution in [-0.4, -0.2) is 27.8 Å². The van der Waals surface area contributed by atoms with Crippen LogP contribution in [0.2, 0.25) is 0 Å². The summed E-state index contributed by atoms with van der Waals surface area (Å²) in [6, 6.07) is 1.78. The molecule has 102 valence electrons. The van der Waals surface area contributed by atoms with Gasteiger partial charge >= 0.3 is 6.18 Å². The van der Waals surface area contributed by atoms with Gasteiger partial charge in [0, 0.05) is 18.0 Å². The molecular formula is C11H11F3N4O. The minimum Gasteiger partial charge on any atom is -0.338 e. The molecule has 0 atom stereocenters. The van der Waals surface area contributed by atoms with Crippen LogP contribution in [-0.2, 0) is 6.54 Å². The van der Waals surface area contributed by atoms with Crippen molar-refractivity contribution < 1.29 is 17.7 Å². The number of halogens is 3. The second-order valence-corrected chi connectivity index (χ2v) is 3.92. The summed E-state index contributed by atoms with van der Waals surface area (Å²) in [6.07, 6.45) is -1.05. The minimum absolute atomic E-state index is 0.0995. The zero-order valence-electron chi connectivity index (χ0n) is 10.0. The van der Waals surface area contributed by atoms with E-state index in [1.54, 1.807) is 18.5 Å². The van der Waals surface area contributed by atoms with Gasteiger partial charge in [-0.15, -0.1) is 0 Å². The lowest BCUT2D eigenvalue weighted by atomic mass is 10.1. The lowest BCUT2D eigenvalue weighted by molar-refractivity contribution is -0.125. The van der Waals surface area contributed by atoms with Crippen LogP contribution in [0.15, 0.2) is 23.0 Å². The van der Waals surface area contributed by atoms with Gasteiger partial charge in [0.25, 0.3) is 0 Å². The quantitative estimate of drug-likeness (QED) is 0.923. The molecule has 0 aliphatic heterocycles. The summed E-state index contributed by atoms with van der Waals surface area (Å²) in [4.78, 5) is 7.95. The monoisotopic (exact) mass is 272 g/mol. The van der Waals surface area contributed by atoms with Crippen molar-refractivity contribution >= 4 is 0 Å². The molecule has 5 nitrogen and oxygen atoms in total. The molecule has 0 saturated heterocycles. The Balaban J connectivity index is 2.02. The van der Waals surface area contributed by atoms with E-state index in [9.17, 15) is 13.2 Å². The number of hydrogen-bond donors (Lipinski definition) is 1. The van der Waals surface area contributed by atoms with Gasteiger partial charge in [0.05, 0.1) is 13.1 Å². The van der Waals surface area contributed by atoms with E-state index >= 15 is 0 Å². The molecule has 0 radical (unpaired) electrons. The molecule has 0 fully saturated rings. The van der Waals surface area contributed by atoms with Crippen molar-refractivity contribution in [3.8, 4) is 11.4 Å². The van der Waals surface area contributed by atoms with Crippen molar-refractivity contribution in [2.45, 2.75) is 19.6 Å². The highest BCUT2D eigenvalue weighted by Gasteiger charge is 2.26. The molecular weight excluding hydrogens is 261 g/mol. The number of hydrogen-bond acceptors (Lipinski definition) is 5. The summed E-state index contributed by atoms with van der Waals surface area (Å²) in [5.41, 5.74) is 1.60. The molecule has 0 unspecified atom stereocenters. The number of nitrogens with zero attached hydrogens (tertiary/aromatic N) is 3. The van der Waals surface area contributed by atoms with Crippen LogP contribution >= 0.6 is 0 Å². The first-order valence-corrected chi connectivity index (χ1v) is 5.47. The molecule has 2 rings (SSSR count). The fourth-order valence-corrected chi connectivity index (χ4v) is 1.45. The highest BCUT2D eigenvalue weighted by Crippen LogP contribution is 2.18. The van der Waals surface area contributed by atoms with Crippen LogP contribution in [0.4, 0.5) is 13.2 Å². The van der Waals surface area contributed by atoms with Gasteiger partial charge in [0.15, 0.2) is 0 Å². The molecule has 2 aromatic heterocycles. The Bertz CT molecular complexity index is 553. The lowest BCUT2D eigenvalue weighted by Crippen LogP contribution is -2.28. The molecule has 0 aliphatic carbocycles. The first-order chi connectivity index (χ1) is 8.96. The second kappa shape index (κ2) is 5.35. The second-order valence-electron chi connectivity index (χ2n) is 3.92. The molecule has 8 heteroatoms. The van der Waals surface area contributed by atoms with E-state index in [0.717, 1.165) is 5.56 Å². The van der Waals surface area contributed by atoms with Gasteiger partial charge in [-0.25, -0.2) is 0 Å². The maximum absolute atomic E-state index is 11.9. The number of aryl methyl sites for hydroxylation is 1. The van der Waals surface area contributed by atoms with Crippen LogP contribution in [0, 0.1) is 6.92 Å². The normalized spacial score (nSPS) is 11.8. The van der Waals surface area contributed by atoms with Crippen molar-refractivity contribution in [3.05, 3.63) is 29.9 Å². The lowest BCUT2D eigenvalue weighted by Gasteiger charge is -2.05. The zero-order valence-corrected chi connectivity index (χ0v) is 10.0. The third-order valence-corrected chi connectivity index (χ3v) is 2.35. The molecule has 1 N–H and O–H groups in total. The van der Waals surface area contributed by atoms with E-state index in [-0.39, 0.29) is 12.4 Å². The van der Waals surface area contributed by atoms with Gasteiger partial charge in [-0.05, 0) is 18.6 Å². The summed E-state index contributed by atoms with van der Waals surface area (Å²) in [5.74, 6) is 0.414. The van der Waals surface area contributed by atoms with Gasteiger partial charge in [0.1, 0.15) is 0 Å². The summed E-state index contributed by atoms with van der Waals surface area (Å²) in [6.45, 7) is 0.622. The van der Waals surface area contributed by atoms with Crippen LogP contribution in [0.1, 0.15) is 11.5 Å². The summed E-state index contributed by atoms with van der Waals surface area (Å²) in [5, 5.41) is 5.90. The first kappa shape index (κ1) is 13.5. The number of alkyl halides is 3. The van der Waals surface area contributed by atoms with Crippen LogP contribution in [0.3, 0.4) is 0 Å². The average Bonchev–Trinajstić information content (AvgIpc) is 2.76. The predicted octanol–water partition coefficient (Wildman–Crippen LogP) is 2.09. The maximum Gasteiger partial charge on any atom is 0.401 e. The van der Waals surface area contributed by atoms with E-state index < -0.39 is 12.7 Å². The Hall–Kier alpha value is -1.96. The van der Waals surface area contributed by atoms with Gasteiger partial charge in [-0.1, -0.05) is 5.16 Å². The van der Waals surface area contributed by atoms with Gasteiger partial charge in [-0.3, -0.25) is 4.98 Å². The Kier molecular flexibility index (Phi) is 3.79. The highest BCUT2D eigenvalue weighted by atomic mass is 19.4. The predicted molar refractivity (Wildman–Crippen MR) is 60.0 cm³/mol. The molecule has 0 bridgehead atoms. The maximum atomic E-state index is 11.9. The van der Waals surface area contributed by atoms with Gasteiger partial charge in [-0.2, -0.15) is 18.2 Å². The largest absolute Gasteiger partial charge is 0.401 e. The van der Waals surface area contributed by atoms with Crippen LogP contribution < -0.4 is 5.32 Å². The van der Waals surface area contributed by atoms with Crippen LogP contribution in [0.25, 0.3) is 11.4 Å². The van der Waals surface area contributed by atoms with Crippen molar-refractivity contribution in [2.75, 3.05) is 6.54 Å². The van der Waals surface area contributed by atoms with Crippen molar-refractivity contribution in [1.82, 2.24) is 20.4 Å². The van der Waals surface area contributed by atoms with Crippen LogP contribution in [0.5, 0.6) is 0 Å². The summed E-state index contributed by atoms with van der Waals surface area (Å²) in [7, 11) is 0. The molecule has 0 aliphatic rings. The molecule has 19 heavy (non-hydrogen) atoms. The Morgan fingerprint density at radius 1 is 1.37 bits per heavy atom. The molecule has 0 amide bonds. The van der Waals surface area contributed by atoms with Gasteiger partial charge < -0.3 is 9.84 Å². The molecule has 0 saturated carbocycles. The van der Waals surface area contributed by atoms with E-state index in [1.165, 1.54) is 0 Å². The standard InChI is InChI=1S/C11H11F3N4O/c1-7-2-3-15-4-8(7)10-17-9(19-18-10)5-16-6-11(12,13)14/h2-4,16H,5-6H2,1H3. The van der Waals surface area contributed by atoms with Crippen molar-refractivity contribution in [3.63, 3.8) is 0 Å². The molecule has 2 heterocycles. The molecule has 2 aromatic rings. The third kappa shape index (κ3) is 3.75. The number of aromatic nitrogens is 3. The highest BCUT2D eigenvalue weighted by molar-refractivity contribution is 5.57. The minimum atomic E-state index is -4.26. The van der Waals surface area contributed by atoms with E-state index in [4.69, 9.17) is 4.52 Å². The average molecular weight is 272 g/mol. The fourth-order valence-electron chi connectivity index (χ4n) is 1.45. The number of pyridine rings is 1. The fraction of sp³-hybridized carbons (Fsp3) is 0.364. The Morgan fingerprint density at radius 3 is 2.84 bits per heavy atom. The topological polar surface area (TPSA) is 63.8 Å². The van der Waals surface area contributed by atoms with Gasteiger partial charge in [0.2, 0.25) is 11.7 Å². The first-order valence-electron chi connectivity index (χ1n) is 5.47. The van der Waals surface area contributed by atoms with Crippen molar-refractivity contribution in [2.24, 2.45) is 0 Å². The van der Waals surface area contributed by atoms with E-state index in [1.807, 2.05) is 6.92 Å². The van der Waals surface area contributed by atoms with Crippen molar-refractivity contribution in [1.29, 1.82) is 0 Å². The third-order valence-electron chi connectivity index (χ3n) is 2.35. The number of nitrogens with one attached hydrogen (secondary N) is 1. The smallest absolute Gasteiger partial charge is 0.338 e. The molecule has 0 spiro atoms. The molecule has 0 aromatic carbocycles. The Labute approximate surface area is 106 Å². The number of rotatable bonds is 4. The van der Waals surface area contributed by atoms with E-state index in [2.05, 4.69) is 20.4 Å². The Morgan fingerprint density at radius 2 is 2.16 bits per heavy atom. The zero-order chi connectivity index (χ0) is 13.9. The summed E-state index contributed by atoms with van der Waals surface area (Å²) < 4.78 is 40.7. The SMILES string of the molecule is Cc1ccncc1-c1noc(CNCC(F)(F)F)n1. The summed E-state index contributed by atoms with van der Waals surface area (Å²) >= 11 is 0. The van der Waals surface area contributed by atoms with E-state index in [0.29, 0.717) is 11.4 Å².